The van der Waals surface area contributed by atoms with Gasteiger partial charge < -0.3 is 9.64 Å². The summed E-state index contributed by atoms with van der Waals surface area (Å²) in [4.78, 5) is 2.29. The van der Waals surface area contributed by atoms with Gasteiger partial charge in [0, 0.05) is 30.8 Å². The van der Waals surface area contributed by atoms with Crippen molar-refractivity contribution in [2.75, 3.05) is 26.8 Å². The summed E-state index contributed by atoms with van der Waals surface area (Å²) >= 11 is 0. The SMILES string of the molecule is CN(Cc1cn[nH]c1-c1ccc(F)cc1)C[C@@H]1CCOC1. The van der Waals surface area contributed by atoms with Crippen molar-refractivity contribution >= 4 is 0 Å². The van der Waals surface area contributed by atoms with Gasteiger partial charge in [-0.25, -0.2) is 4.39 Å². The van der Waals surface area contributed by atoms with Gasteiger partial charge in [-0.2, -0.15) is 5.10 Å². The van der Waals surface area contributed by atoms with Crippen LogP contribution in [0.25, 0.3) is 11.3 Å². The number of H-pyrrole nitrogens is 1. The van der Waals surface area contributed by atoms with E-state index in [1.807, 2.05) is 6.20 Å². The van der Waals surface area contributed by atoms with Gasteiger partial charge in [0.25, 0.3) is 0 Å². The molecule has 1 fully saturated rings. The summed E-state index contributed by atoms with van der Waals surface area (Å²) in [7, 11) is 2.11. The third-order valence-electron chi connectivity index (χ3n) is 3.88. The summed E-state index contributed by atoms with van der Waals surface area (Å²) < 4.78 is 18.4. The molecule has 0 saturated carbocycles. The average molecular weight is 289 g/mol. The number of nitrogens with zero attached hydrogens (tertiary/aromatic N) is 2. The van der Waals surface area contributed by atoms with E-state index in [0.717, 1.165) is 49.5 Å². The Balaban J connectivity index is 1.68. The summed E-state index contributed by atoms with van der Waals surface area (Å²) in [5, 5.41) is 7.15. The van der Waals surface area contributed by atoms with Crippen LogP contribution in [-0.4, -0.2) is 41.9 Å². The number of hydrogen-bond donors (Lipinski definition) is 1. The molecule has 0 unspecified atom stereocenters. The van der Waals surface area contributed by atoms with Gasteiger partial charge in [-0.15, -0.1) is 0 Å². The Labute approximate surface area is 123 Å². The van der Waals surface area contributed by atoms with Gasteiger partial charge in [-0.1, -0.05) is 0 Å². The van der Waals surface area contributed by atoms with Crippen LogP contribution in [0.1, 0.15) is 12.0 Å². The van der Waals surface area contributed by atoms with Crippen molar-refractivity contribution in [2.45, 2.75) is 13.0 Å². The highest BCUT2D eigenvalue weighted by atomic mass is 19.1. The summed E-state index contributed by atoms with van der Waals surface area (Å²) in [6, 6.07) is 6.49. The largest absolute Gasteiger partial charge is 0.381 e. The number of benzene rings is 1. The molecule has 0 spiro atoms. The van der Waals surface area contributed by atoms with Crippen LogP contribution < -0.4 is 0 Å². The molecule has 1 aromatic carbocycles. The van der Waals surface area contributed by atoms with Crippen LogP contribution in [0.5, 0.6) is 0 Å². The molecule has 1 atom stereocenters. The van der Waals surface area contributed by atoms with E-state index >= 15 is 0 Å². The van der Waals surface area contributed by atoms with Crippen LogP contribution in [-0.2, 0) is 11.3 Å². The number of aromatic amines is 1. The van der Waals surface area contributed by atoms with Crippen LogP contribution in [0.4, 0.5) is 4.39 Å². The van der Waals surface area contributed by atoms with Crippen LogP contribution in [0.2, 0.25) is 0 Å². The van der Waals surface area contributed by atoms with E-state index in [0.29, 0.717) is 5.92 Å². The fraction of sp³-hybridized carbons (Fsp3) is 0.438. The van der Waals surface area contributed by atoms with Gasteiger partial charge in [0.05, 0.1) is 18.5 Å². The molecule has 0 bridgehead atoms. The Morgan fingerprint density at radius 1 is 1.38 bits per heavy atom. The zero-order valence-corrected chi connectivity index (χ0v) is 12.2. The first-order chi connectivity index (χ1) is 10.2. The fourth-order valence-corrected chi connectivity index (χ4v) is 2.82. The first-order valence-electron chi connectivity index (χ1n) is 7.27. The van der Waals surface area contributed by atoms with Crippen LogP contribution in [0, 0.1) is 11.7 Å². The highest BCUT2D eigenvalue weighted by Crippen LogP contribution is 2.23. The molecular weight excluding hydrogens is 269 g/mol. The number of aromatic nitrogens is 2. The summed E-state index contributed by atoms with van der Waals surface area (Å²) in [6.45, 7) is 3.58. The Morgan fingerprint density at radius 3 is 2.90 bits per heavy atom. The lowest BCUT2D eigenvalue weighted by Gasteiger charge is -2.19. The quantitative estimate of drug-likeness (QED) is 0.920. The lowest BCUT2D eigenvalue weighted by molar-refractivity contribution is 0.173. The van der Waals surface area contributed by atoms with Gasteiger partial charge in [-0.3, -0.25) is 5.10 Å². The minimum Gasteiger partial charge on any atom is -0.381 e. The minimum absolute atomic E-state index is 0.224. The lowest BCUT2D eigenvalue weighted by Crippen LogP contribution is -2.25. The molecule has 2 heterocycles. The van der Waals surface area contributed by atoms with Crippen LogP contribution in [0.3, 0.4) is 0 Å². The Morgan fingerprint density at radius 2 is 2.19 bits per heavy atom. The maximum Gasteiger partial charge on any atom is 0.123 e. The summed E-state index contributed by atoms with van der Waals surface area (Å²) in [6.07, 6.45) is 2.99. The Kier molecular flexibility index (Phi) is 4.31. The van der Waals surface area contributed by atoms with E-state index < -0.39 is 0 Å². The molecular formula is C16H20FN3O. The van der Waals surface area contributed by atoms with Gasteiger partial charge in [0.15, 0.2) is 0 Å². The van der Waals surface area contributed by atoms with Crippen molar-refractivity contribution in [3.8, 4) is 11.3 Å². The third-order valence-corrected chi connectivity index (χ3v) is 3.88. The predicted octanol–water partition coefficient (Wildman–Crippen LogP) is 2.68. The van der Waals surface area contributed by atoms with Crippen LogP contribution in [0.15, 0.2) is 30.5 Å². The molecule has 21 heavy (non-hydrogen) atoms. The first kappa shape index (κ1) is 14.2. The predicted molar refractivity (Wildman–Crippen MR) is 79.2 cm³/mol. The number of nitrogens with one attached hydrogen (secondary N) is 1. The second-order valence-corrected chi connectivity index (χ2v) is 5.70. The Hall–Kier alpha value is -1.72. The van der Waals surface area contributed by atoms with Gasteiger partial charge in [0.1, 0.15) is 5.82 Å². The molecule has 0 radical (unpaired) electrons. The van der Waals surface area contributed by atoms with E-state index in [1.54, 1.807) is 12.1 Å². The molecule has 2 aromatic rings. The topological polar surface area (TPSA) is 41.2 Å². The zero-order chi connectivity index (χ0) is 14.7. The number of hydrogen-bond acceptors (Lipinski definition) is 3. The molecule has 5 heteroatoms. The van der Waals surface area contributed by atoms with Crippen LogP contribution >= 0.6 is 0 Å². The van der Waals surface area contributed by atoms with Crippen molar-refractivity contribution in [2.24, 2.45) is 5.92 Å². The average Bonchev–Trinajstić information content (AvgIpc) is 3.11. The molecule has 1 aromatic heterocycles. The second-order valence-electron chi connectivity index (χ2n) is 5.70. The molecule has 3 rings (SSSR count). The minimum atomic E-state index is -0.224. The fourth-order valence-electron chi connectivity index (χ4n) is 2.82. The van der Waals surface area contributed by atoms with E-state index in [9.17, 15) is 4.39 Å². The smallest absolute Gasteiger partial charge is 0.123 e. The number of rotatable bonds is 5. The molecule has 1 aliphatic heterocycles. The molecule has 1 N–H and O–H groups in total. The van der Waals surface area contributed by atoms with Crippen molar-refractivity contribution in [1.29, 1.82) is 0 Å². The zero-order valence-electron chi connectivity index (χ0n) is 12.2. The van der Waals surface area contributed by atoms with Gasteiger partial charge in [-0.05, 0) is 43.7 Å². The molecule has 0 aliphatic carbocycles. The highest BCUT2D eigenvalue weighted by Gasteiger charge is 2.18. The monoisotopic (exact) mass is 289 g/mol. The third kappa shape index (κ3) is 3.49. The highest BCUT2D eigenvalue weighted by molar-refractivity contribution is 5.62. The van der Waals surface area contributed by atoms with Crippen molar-refractivity contribution in [3.63, 3.8) is 0 Å². The van der Waals surface area contributed by atoms with E-state index in [1.165, 1.54) is 12.1 Å². The van der Waals surface area contributed by atoms with E-state index in [-0.39, 0.29) is 5.82 Å². The standard InChI is InChI=1S/C16H20FN3O/c1-20(9-12-6-7-21-11-12)10-14-8-18-19-16(14)13-2-4-15(17)5-3-13/h2-5,8,12H,6-7,9-11H2,1H3,(H,18,19)/t12-/m0/s1. The van der Waals surface area contributed by atoms with E-state index in [2.05, 4.69) is 22.1 Å². The molecule has 4 nitrogen and oxygen atoms in total. The van der Waals surface area contributed by atoms with Crippen molar-refractivity contribution < 1.29 is 9.13 Å². The lowest BCUT2D eigenvalue weighted by atomic mass is 10.1. The maximum atomic E-state index is 13.0. The molecule has 1 aliphatic rings. The molecule has 1 saturated heterocycles. The summed E-state index contributed by atoms with van der Waals surface area (Å²) in [5.74, 6) is 0.398. The van der Waals surface area contributed by atoms with Gasteiger partial charge >= 0.3 is 0 Å². The van der Waals surface area contributed by atoms with Gasteiger partial charge in [0.2, 0.25) is 0 Å². The maximum absolute atomic E-state index is 13.0. The summed E-state index contributed by atoms with van der Waals surface area (Å²) in [5.41, 5.74) is 3.05. The van der Waals surface area contributed by atoms with E-state index in [4.69, 9.17) is 4.74 Å². The Bertz CT molecular complexity index is 575. The second kappa shape index (κ2) is 6.37. The van der Waals surface area contributed by atoms with Crippen molar-refractivity contribution in [3.05, 3.63) is 41.8 Å². The first-order valence-corrected chi connectivity index (χ1v) is 7.27. The van der Waals surface area contributed by atoms with Crippen molar-refractivity contribution in [1.82, 2.24) is 15.1 Å². The number of ether oxygens (including phenoxy) is 1. The molecule has 112 valence electrons. The number of halogens is 1. The molecule has 0 amide bonds. The normalized spacial score (nSPS) is 18.5.